The molecule has 0 saturated carbocycles. The number of aliphatic hydroxyl groups is 1. The van der Waals surface area contributed by atoms with Gasteiger partial charge in [-0.25, -0.2) is 0 Å². The number of nitrogens with one attached hydrogen (secondary N) is 2. The number of aliphatic hydroxyl groups excluding tert-OH is 1. The first kappa shape index (κ1) is 23.3. The maximum Gasteiger partial charge on any atom is 0.191 e. The lowest BCUT2D eigenvalue weighted by molar-refractivity contribution is 0.158. The maximum atomic E-state index is 10.2. The van der Waals surface area contributed by atoms with Crippen LogP contribution in [0.3, 0.4) is 0 Å². The fourth-order valence-corrected chi connectivity index (χ4v) is 3.40. The predicted octanol–water partition coefficient (Wildman–Crippen LogP) is 3.16. The highest BCUT2D eigenvalue weighted by molar-refractivity contribution is 14.0. The molecule has 8 heteroatoms. The zero-order chi connectivity index (χ0) is 19.8. The summed E-state index contributed by atoms with van der Waals surface area (Å²) >= 11 is 0. The predicted molar refractivity (Wildman–Crippen MR) is 126 cm³/mol. The molecule has 160 valence electrons. The van der Waals surface area contributed by atoms with Gasteiger partial charge < -0.3 is 29.8 Å². The van der Waals surface area contributed by atoms with E-state index in [0.29, 0.717) is 11.7 Å². The number of furan rings is 1. The lowest BCUT2D eigenvalue weighted by atomic mass is 10.0. The summed E-state index contributed by atoms with van der Waals surface area (Å²) in [6.07, 6.45) is 2.99. The van der Waals surface area contributed by atoms with Gasteiger partial charge in [0.1, 0.15) is 17.6 Å². The number of methoxy groups -OCH3 is 1. The number of halogens is 1. The Labute approximate surface area is 189 Å². The quantitative estimate of drug-likeness (QED) is 0.299. The van der Waals surface area contributed by atoms with Crippen molar-refractivity contribution in [3.63, 3.8) is 0 Å². The van der Waals surface area contributed by atoms with Crippen LogP contribution in [0.15, 0.2) is 52.1 Å². The van der Waals surface area contributed by atoms with Crippen LogP contribution in [-0.2, 0) is 0 Å². The summed E-state index contributed by atoms with van der Waals surface area (Å²) in [5.74, 6) is 2.11. The van der Waals surface area contributed by atoms with Crippen LogP contribution in [-0.4, -0.2) is 50.4 Å². The first-order valence-corrected chi connectivity index (χ1v) is 9.85. The summed E-state index contributed by atoms with van der Waals surface area (Å²) in [6, 6.07) is 12.0. The molecular formula is C21H31IN4O3. The molecule has 0 aliphatic carbocycles. The molecule has 0 bridgehead atoms. The standard InChI is InChI=1S/C21H30N4O3.HI/c1-3-22-21(23-14-19(26)20-10-6-12-28-20)24-16-7-5-11-25(15-16)17-8-4-9-18(13-17)27-2;/h4,6,8-10,12-13,16,19,26H,3,5,7,11,14-15H2,1-2H3,(H2,22,23,24);1H. The normalized spacial score (nSPS) is 18.0. The monoisotopic (exact) mass is 514 g/mol. The Morgan fingerprint density at radius 3 is 2.97 bits per heavy atom. The average molecular weight is 514 g/mol. The molecule has 1 aromatic carbocycles. The molecule has 2 atom stereocenters. The van der Waals surface area contributed by atoms with E-state index in [9.17, 15) is 5.11 Å². The van der Waals surface area contributed by atoms with Crippen LogP contribution in [0.2, 0.25) is 0 Å². The molecule has 0 radical (unpaired) electrons. The minimum atomic E-state index is -0.745. The molecule has 2 unspecified atom stereocenters. The lowest BCUT2D eigenvalue weighted by Gasteiger charge is -2.35. The fraction of sp³-hybridized carbons (Fsp3) is 0.476. The van der Waals surface area contributed by atoms with Gasteiger partial charge in [-0.2, -0.15) is 0 Å². The first-order chi connectivity index (χ1) is 13.7. The Hall–Kier alpha value is -1.94. The number of anilines is 1. The van der Waals surface area contributed by atoms with Crippen molar-refractivity contribution in [2.24, 2.45) is 4.99 Å². The average Bonchev–Trinajstić information content (AvgIpc) is 3.27. The summed E-state index contributed by atoms with van der Waals surface area (Å²) < 4.78 is 10.6. The number of guanidine groups is 1. The molecule has 7 nitrogen and oxygen atoms in total. The van der Waals surface area contributed by atoms with Crippen molar-refractivity contribution >= 4 is 35.6 Å². The van der Waals surface area contributed by atoms with Gasteiger partial charge in [0, 0.05) is 37.4 Å². The second kappa shape index (κ2) is 11.9. The summed E-state index contributed by atoms with van der Waals surface area (Å²) in [6.45, 7) is 4.95. The smallest absolute Gasteiger partial charge is 0.191 e. The van der Waals surface area contributed by atoms with Crippen LogP contribution in [0.4, 0.5) is 5.69 Å². The van der Waals surface area contributed by atoms with Crippen LogP contribution in [0, 0.1) is 0 Å². The highest BCUT2D eigenvalue weighted by Crippen LogP contribution is 2.24. The van der Waals surface area contributed by atoms with Gasteiger partial charge in [-0.15, -0.1) is 24.0 Å². The van der Waals surface area contributed by atoms with E-state index in [1.165, 1.54) is 5.69 Å². The van der Waals surface area contributed by atoms with Gasteiger partial charge in [0.2, 0.25) is 0 Å². The van der Waals surface area contributed by atoms with Gasteiger partial charge in [-0.05, 0) is 44.0 Å². The third kappa shape index (κ3) is 6.81. The van der Waals surface area contributed by atoms with Crippen molar-refractivity contribution < 1.29 is 14.3 Å². The summed E-state index contributed by atoms with van der Waals surface area (Å²) in [4.78, 5) is 6.90. The van der Waals surface area contributed by atoms with Crippen LogP contribution in [0.5, 0.6) is 5.75 Å². The molecule has 2 aromatic rings. The van der Waals surface area contributed by atoms with Crippen molar-refractivity contribution in [2.45, 2.75) is 31.9 Å². The maximum absolute atomic E-state index is 10.2. The third-order valence-corrected chi connectivity index (χ3v) is 4.82. The zero-order valence-corrected chi connectivity index (χ0v) is 19.3. The number of hydrogen-bond donors (Lipinski definition) is 3. The number of ether oxygens (including phenoxy) is 1. The molecule has 1 aliphatic heterocycles. The number of benzene rings is 1. The van der Waals surface area contributed by atoms with E-state index in [0.717, 1.165) is 38.2 Å². The van der Waals surface area contributed by atoms with Crippen molar-refractivity contribution in [2.75, 3.05) is 38.2 Å². The largest absolute Gasteiger partial charge is 0.497 e. The summed E-state index contributed by atoms with van der Waals surface area (Å²) in [5, 5.41) is 17.0. The van der Waals surface area contributed by atoms with Gasteiger partial charge in [-0.3, -0.25) is 4.99 Å². The number of rotatable bonds is 7. The van der Waals surface area contributed by atoms with Crippen molar-refractivity contribution in [3.05, 3.63) is 48.4 Å². The third-order valence-electron chi connectivity index (χ3n) is 4.82. The van der Waals surface area contributed by atoms with Crippen molar-refractivity contribution in [3.8, 4) is 5.75 Å². The zero-order valence-electron chi connectivity index (χ0n) is 17.0. The molecule has 1 fully saturated rings. The minimum absolute atomic E-state index is 0. The van der Waals surface area contributed by atoms with Crippen LogP contribution in [0.1, 0.15) is 31.6 Å². The van der Waals surface area contributed by atoms with Crippen LogP contribution >= 0.6 is 24.0 Å². The van der Waals surface area contributed by atoms with E-state index in [1.807, 2.05) is 19.1 Å². The highest BCUT2D eigenvalue weighted by Gasteiger charge is 2.21. The molecular weight excluding hydrogens is 483 g/mol. The SMILES string of the molecule is CCNC(=NCC(O)c1ccco1)NC1CCCN(c2cccc(OC)c2)C1.I. The molecule has 0 amide bonds. The second-order valence-electron chi connectivity index (χ2n) is 6.88. The number of aliphatic imine (C=N–C) groups is 1. The van der Waals surface area contributed by atoms with Crippen molar-refractivity contribution in [1.82, 2.24) is 10.6 Å². The van der Waals surface area contributed by atoms with E-state index in [4.69, 9.17) is 9.15 Å². The van der Waals surface area contributed by atoms with E-state index < -0.39 is 6.10 Å². The molecule has 1 aliphatic rings. The van der Waals surface area contributed by atoms with Gasteiger partial charge >= 0.3 is 0 Å². The highest BCUT2D eigenvalue weighted by atomic mass is 127. The Kier molecular flexibility index (Phi) is 9.59. The van der Waals surface area contributed by atoms with E-state index >= 15 is 0 Å². The van der Waals surface area contributed by atoms with Crippen LogP contribution < -0.4 is 20.3 Å². The van der Waals surface area contributed by atoms with E-state index in [2.05, 4.69) is 32.7 Å². The van der Waals surface area contributed by atoms with E-state index in [1.54, 1.807) is 25.5 Å². The molecule has 1 saturated heterocycles. The Balaban J connectivity index is 0.00000300. The van der Waals surface area contributed by atoms with Gasteiger partial charge in [-0.1, -0.05) is 6.07 Å². The van der Waals surface area contributed by atoms with Crippen LogP contribution in [0.25, 0.3) is 0 Å². The molecule has 3 N–H and O–H groups in total. The van der Waals surface area contributed by atoms with Gasteiger partial charge in [0.25, 0.3) is 0 Å². The summed E-state index contributed by atoms with van der Waals surface area (Å²) in [7, 11) is 1.69. The minimum Gasteiger partial charge on any atom is -0.497 e. The molecule has 29 heavy (non-hydrogen) atoms. The Morgan fingerprint density at radius 2 is 2.24 bits per heavy atom. The summed E-state index contributed by atoms with van der Waals surface area (Å²) in [5.41, 5.74) is 1.17. The first-order valence-electron chi connectivity index (χ1n) is 9.85. The van der Waals surface area contributed by atoms with E-state index in [-0.39, 0.29) is 36.6 Å². The Morgan fingerprint density at radius 1 is 1.38 bits per heavy atom. The molecule has 1 aromatic heterocycles. The number of hydrogen-bond acceptors (Lipinski definition) is 5. The Bertz CT molecular complexity index is 754. The topological polar surface area (TPSA) is 82.3 Å². The molecule has 3 rings (SSSR count). The lowest BCUT2D eigenvalue weighted by Crippen LogP contribution is -2.51. The number of nitrogens with zero attached hydrogens (tertiary/aromatic N) is 2. The van der Waals surface area contributed by atoms with Gasteiger partial charge in [0.15, 0.2) is 5.96 Å². The molecule has 0 spiro atoms. The number of piperidine rings is 1. The second-order valence-corrected chi connectivity index (χ2v) is 6.88. The molecule has 2 heterocycles. The van der Waals surface area contributed by atoms with Gasteiger partial charge in [0.05, 0.1) is 19.9 Å². The fourth-order valence-electron chi connectivity index (χ4n) is 3.40. The van der Waals surface area contributed by atoms with Crippen molar-refractivity contribution in [1.29, 1.82) is 0 Å².